The molecule has 0 saturated heterocycles. The number of aliphatic hydroxyl groups is 1. The summed E-state index contributed by atoms with van der Waals surface area (Å²) in [6.45, 7) is 4.99. The van der Waals surface area contributed by atoms with Gasteiger partial charge in [-0.3, -0.25) is 0 Å². The van der Waals surface area contributed by atoms with E-state index < -0.39 is 11.8 Å². The van der Waals surface area contributed by atoms with Crippen LogP contribution in [0.3, 0.4) is 0 Å². The molecule has 1 aliphatic rings. The highest BCUT2D eigenvalue weighted by atomic mass is 19.4. The van der Waals surface area contributed by atoms with E-state index in [2.05, 4.69) is 13.8 Å². The van der Waals surface area contributed by atoms with Crippen molar-refractivity contribution in [3.05, 3.63) is 47.0 Å². The van der Waals surface area contributed by atoms with Crippen LogP contribution in [-0.4, -0.2) is 11.3 Å². The molecule has 1 N–H and O–H groups in total. The molecule has 2 aromatic carbocycles. The van der Waals surface area contributed by atoms with E-state index >= 15 is 0 Å². The molecule has 3 unspecified atom stereocenters. The van der Waals surface area contributed by atoms with Gasteiger partial charge < -0.3 is 5.11 Å². The minimum Gasteiger partial charge on any atom is -0.376 e. The molecule has 21 heavy (non-hydrogen) atoms. The molecule has 2 aromatic rings. The molecule has 112 valence electrons. The number of hydrogen-bond donors (Lipinski definition) is 1. The lowest BCUT2D eigenvalue weighted by Crippen LogP contribution is -2.39. The molecule has 0 aromatic heterocycles. The topological polar surface area (TPSA) is 20.2 Å². The zero-order valence-electron chi connectivity index (χ0n) is 12.1. The van der Waals surface area contributed by atoms with Crippen molar-refractivity contribution in [2.24, 2.45) is 0 Å². The normalized spacial score (nSPS) is 24.3. The maximum atomic E-state index is 13.2. The Bertz CT molecular complexity index is 702. The van der Waals surface area contributed by atoms with Crippen molar-refractivity contribution in [3.63, 3.8) is 0 Å². The average Bonchev–Trinajstić information content (AvgIpc) is 2.65. The Morgan fingerprint density at radius 3 is 2.10 bits per heavy atom. The molecule has 0 heterocycles. The highest BCUT2D eigenvalue weighted by molar-refractivity contribution is 5.95. The Labute approximate surface area is 121 Å². The Hall–Kier alpha value is -1.55. The highest BCUT2D eigenvalue weighted by Crippen LogP contribution is 2.49. The fourth-order valence-corrected chi connectivity index (χ4v) is 3.34. The number of halogens is 3. The predicted molar refractivity (Wildman–Crippen MR) is 76.4 cm³/mol. The van der Waals surface area contributed by atoms with Crippen molar-refractivity contribution in [2.75, 3.05) is 0 Å². The molecule has 1 nitrogen and oxygen atoms in total. The number of benzene rings is 2. The van der Waals surface area contributed by atoms with Crippen LogP contribution in [0.2, 0.25) is 0 Å². The summed E-state index contributed by atoms with van der Waals surface area (Å²) in [7, 11) is 0. The van der Waals surface area contributed by atoms with Crippen molar-refractivity contribution in [1.82, 2.24) is 0 Å². The lowest BCUT2D eigenvalue weighted by Gasteiger charge is -2.28. The van der Waals surface area contributed by atoms with Crippen molar-refractivity contribution >= 4 is 10.8 Å². The quantitative estimate of drug-likeness (QED) is 0.798. The smallest absolute Gasteiger partial charge is 0.376 e. The Kier molecular flexibility index (Phi) is 2.90. The Morgan fingerprint density at radius 2 is 1.52 bits per heavy atom. The van der Waals surface area contributed by atoms with Gasteiger partial charge in [-0.2, -0.15) is 13.2 Å². The van der Waals surface area contributed by atoms with E-state index in [0.29, 0.717) is 5.39 Å². The molecular weight excluding hydrogens is 277 g/mol. The lowest BCUT2D eigenvalue weighted by molar-refractivity contribution is -0.258. The third-order valence-electron chi connectivity index (χ3n) is 4.91. The SMILES string of the molecule is CC1c2cccc3c(C(C)(O)C(F)(F)F)ccc(c23)C1C. The van der Waals surface area contributed by atoms with Gasteiger partial charge in [-0.05, 0) is 40.7 Å². The zero-order valence-corrected chi connectivity index (χ0v) is 12.1. The molecule has 0 saturated carbocycles. The molecule has 3 rings (SSSR count). The molecule has 1 aliphatic carbocycles. The van der Waals surface area contributed by atoms with Gasteiger partial charge in [0.15, 0.2) is 5.60 Å². The van der Waals surface area contributed by atoms with Crippen LogP contribution >= 0.6 is 0 Å². The second-order valence-corrected chi connectivity index (χ2v) is 6.12. The molecule has 0 aliphatic heterocycles. The second-order valence-electron chi connectivity index (χ2n) is 6.12. The van der Waals surface area contributed by atoms with Crippen LogP contribution in [0, 0.1) is 0 Å². The van der Waals surface area contributed by atoms with E-state index in [1.54, 1.807) is 18.2 Å². The van der Waals surface area contributed by atoms with Crippen LogP contribution in [-0.2, 0) is 5.60 Å². The molecule has 3 atom stereocenters. The number of alkyl halides is 3. The van der Waals surface area contributed by atoms with Gasteiger partial charge in [0.25, 0.3) is 0 Å². The maximum Gasteiger partial charge on any atom is 0.421 e. The summed E-state index contributed by atoms with van der Waals surface area (Å²) in [6, 6.07) is 8.56. The lowest BCUT2D eigenvalue weighted by atomic mass is 9.88. The van der Waals surface area contributed by atoms with Crippen molar-refractivity contribution in [1.29, 1.82) is 0 Å². The van der Waals surface area contributed by atoms with Crippen LogP contribution in [0.5, 0.6) is 0 Å². The Balaban J connectivity index is 2.36. The first-order valence-electron chi connectivity index (χ1n) is 7.01. The standard InChI is InChI=1S/C17H17F3O/c1-9-10(2)12-7-8-14(16(3,21)17(18,19)20)13-6-4-5-11(9)15(12)13/h4-10,21H,1-3H3. The van der Waals surface area contributed by atoms with Crippen molar-refractivity contribution in [3.8, 4) is 0 Å². The number of rotatable bonds is 1. The van der Waals surface area contributed by atoms with E-state index in [4.69, 9.17) is 0 Å². The fourth-order valence-electron chi connectivity index (χ4n) is 3.34. The van der Waals surface area contributed by atoms with Crippen LogP contribution in [0.25, 0.3) is 10.8 Å². The molecule has 0 bridgehead atoms. The summed E-state index contributed by atoms with van der Waals surface area (Å²) in [5.41, 5.74) is -0.791. The fraction of sp³-hybridized carbons (Fsp3) is 0.412. The van der Waals surface area contributed by atoms with Gasteiger partial charge in [0, 0.05) is 5.56 Å². The molecule has 0 fully saturated rings. The van der Waals surface area contributed by atoms with Crippen LogP contribution in [0.1, 0.15) is 49.3 Å². The third-order valence-corrected chi connectivity index (χ3v) is 4.91. The largest absolute Gasteiger partial charge is 0.421 e. The Morgan fingerprint density at radius 1 is 0.952 bits per heavy atom. The first-order valence-corrected chi connectivity index (χ1v) is 7.01. The summed E-state index contributed by atoms with van der Waals surface area (Å²) in [4.78, 5) is 0. The van der Waals surface area contributed by atoms with E-state index in [9.17, 15) is 18.3 Å². The zero-order chi connectivity index (χ0) is 15.6. The van der Waals surface area contributed by atoms with E-state index in [-0.39, 0.29) is 17.4 Å². The van der Waals surface area contributed by atoms with Gasteiger partial charge in [-0.1, -0.05) is 44.2 Å². The highest BCUT2D eigenvalue weighted by Gasteiger charge is 2.52. The predicted octanol–water partition coefficient (Wildman–Crippen LogP) is 4.83. The molecule has 0 radical (unpaired) electrons. The van der Waals surface area contributed by atoms with Crippen LogP contribution in [0.4, 0.5) is 13.2 Å². The van der Waals surface area contributed by atoms with E-state index in [1.165, 1.54) is 6.07 Å². The summed E-state index contributed by atoms with van der Waals surface area (Å²) >= 11 is 0. The maximum absolute atomic E-state index is 13.2. The average molecular weight is 294 g/mol. The minimum atomic E-state index is -4.71. The first-order chi connectivity index (χ1) is 9.66. The third kappa shape index (κ3) is 1.81. The summed E-state index contributed by atoms with van der Waals surface area (Å²) in [6.07, 6.45) is -4.71. The van der Waals surface area contributed by atoms with Gasteiger partial charge in [0.05, 0.1) is 0 Å². The summed E-state index contributed by atoms with van der Waals surface area (Å²) in [5, 5.41) is 11.4. The first kappa shape index (κ1) is 14.4. The van der Waals surface area contributed by atoms with Gasteiger partial charge in [0.2, 0.25) is 0 Å². The second kappa shape index (κ2) is 4.23. The van der Waals surface area contributed by atoms with Crippen LogP contribution < -0.4 is 0 Å². The van der Waals surface area contributed by atoms with Gasteiger partial charge in [0.1, 0.15) is 0 Å². The van der Waals surface area contributed by atoms with Crippen LogP contribution in [0.15, 0.2) is 30.3 Å². The van der Waals surface area contributed by atoms with E-state index in [1.807, 2.05) is 6.07 Å². The molecule has 0 spiro atoms. The minimum absolute atomic E-state index is 0.0723. The summed E-state index contributed by atoms with van der Waals surface area (Å²) in [5.74, 6) is 0.546. The molecule has 0 amide bonds. The van der Waals surface area contributed by atoms with Gasteiger partial charge >= 0.3 is 6.18 Å². The summed E-state index contributed by atoms with van der Waals surface area (Å²) < 4.78 is 39.5. The van der Waals surface area contributed by atoms with Crippen molar-refractivity contribution in [2.45, 2.75) is 44.4 Å². The van der Waals surface area contributed by atoms with E-state index in [0.717, 1.165) is 23.4 Å². The number of hydrogen-bond acceptors (Lipinski definition) is 1. The van der Waals surface area contributed by atoms with Gasteiger partial charge in [-0.25, -0.2) is 0 Å². The monoisotopic (exact) mass is 294 g/mol. The molecule has 4 heteroatoms. The van der Waals surface area contributed by atoms with Crippen molar-refractivity contribution < 1.29 is 18.3 Å². The molecular formula is C17H17F3O. The van der Waals surface area contributed by atoms with Gasteiger partial charge in [-0.15, -0.1) is 0 Å².